The minimum absolute atomic E-state index is 0.109. The molecule has 2 aromatic heterocycles. The van der Waals surface area contributed by atoms with E-state index in [0.717, 1.165) is 5.56 Å². The van der Waals surface area contributed by atoms with Gasteiger partial charge in [-0.25, -0.2) is 23.4 Å². The molecular formula is C14H13FN4O2S. The molecule has 0 aliphatic heterocycles. The Labute approximate surface area is 129 Å². The van der Waals surface area contributed by atoms with Crippen molar-refractivity contribution >= 4 is 11.3 Å². The Morgan fingerprint density at radius 1 is 1.32 bits per heavy atom. The van der Waals surface area contributed by atoms with Crippen LogP contribution in [0.5, 0.6) is 0 Å². The average molecular weight is 320 g/mol. The molecule has 2 heterocycles. The molecular weight excluding hydrogens is 307 g/mol. The lowest BCUT2D eigenvalue weighted by molar-refractivity contribution is 0.284. The van der Waals surface area contributed by atoms with Gasteiger partial charge in [-0.2, -0.15) is 5.10 Å². The van der Waals surface area contributed by atoms with Crippen LogP contribution in [0.25, 0.3) is 5.13 Å². The van der Waals surface area contributed by atoms with E-state index < -0.39 is 0 Å². The SMILES string of the molecule is Cc1nc(-n2cnn(Cc3ccc(F)cc3)c2=O)sc1CO. The Hall–Kier alpha value is -2.32. The summed E-state index contributed by atoms with van der Waals surface area (Å²) in [7, 11) is 0. The lowest BCUT2D eigenvalue weighted by Crippen LogP contribution is -2.24. The Kier molecular flexibility index (Phi) is 3.86. The lowest BCUT2D eigenvalue weighted by atomic mass is 10.2. The maximum Gasteiger partial charge on any atom is 0.352 e. The second kappa shape index (κ2) is 5.82. The van der Waals surface area contributed by atoms with Gasteiger partial charge < -0.3 is 5.11 Å². The summed E-state index contributed by atoms with van der Waals surface area (Å²) in [5.41, 5.74) is 1.14. The van der Waals surface area contributed by atoms with Crippen LogP contribution in [0.3, 0.4) is 0 Å². The van der Waals surface area contributed by atoms with Crippen molar-refractivity contribution in [3.8, 4) is 5.13 Å². The Morgan fingerprint density at radius 2 is 2.05 bits per heavy atom. The van der Waals surface area contributed by atoms with E-state index in [1.165, 1.54) is 39.0 Å². The minimum Gasteiger partial charge on any atom is -0.391 e. The molecule has 6 nitrogen and oxygen atoms in total. The third-order valence-electron chi connectivity index (χ3n) is 3.21. The molecule has 0 spiro atoms. The quantitative estimate of drug-likeness (QED) is 0.790. The normalized spacial score (nSPS) is 11.0. The van der Waals surface area contributed by atoms with Gasteiger partial charge in [0, 0.05) is 0 Å². The van der Waals surface area contributed by atoms with Crippen LogP contribution in [0.1, 0.15) is 16.1 Å². The number of benzene rings is 1. The van der Waals surface area contributed by atoms with Crippen LogP contribution in [0.15, 0.2) is 35.4 Å². The summed E-state index contributed by atoms with van der Waals surface area (Å²) in [5, 5.41) is 13.7. The van der Waals surface area contributed by atoms with Crippen molar-refractivity contribution in [1.29, 1.82) is 0 Å². The van der Waals surface area contributed by atoms with E-state index in [4.69, 9.17) is 0 Å². The number of aromatic nitrogens is 4. The highest BCUT2D eigenvalue weighted by atomic mass is 32.1. The Bertz CT molecular complexity index is 851. The second-order valence-corrected chi connectivity index (χ2v) is 5.79. The first-order chi connectivity index (χ1) is 10.6. The van der Waals surface area contributed by atoms with Gasteiger partial charge in [0.2, 0.25) is 0 Å². The number of nitrogens with zero attached hydrogens (tertiary/aromatic N) is 4. The van der Waals surface area contributed by atoms with Crippen molar-refractivity contribution in [2.45, 2.75) is 20.1 Å². The molecule has 3 rings (SSSR count). The Balaban J connectivity index is 1.91. The largest absolute Gasteiger partial charge is 0.391 e. The molecule has 114 valence electrons. The first-order valence-corrected chi connectivity index (χ1v) is 7.36. The highest BCUT2D eigenvalue weighted by molar-refractivity contribution is 7.14. The zero-order chi connectivity index (χ0) is 15.7. The van der Waals surface area contributed by atoms with Crippen LogP contribution >= 0.6 is 11.3 Å². The van der Waals surface area contributed by atoms with Crippen LogP contribution in [0, 0.1) is 12.7 Å². The molecule has 0 fully saturated rings. The molecule has 3 aromatic rings. The fraction of sp³-hybridized carbons (Fsp3) is 0.214. The Morgan fingerprint density at radius 3 is 2.68 bits per heavy atom. The summed E-state index contributed by atoms with van der Waals surface area (Å²) in [4.78, 5) is 17.3. The van der Waals surface area contributed by atoms with E-state index in [2.05, 4.69) is 10.1 Å². The molecule has 0 unspecified atom stereocenters. The van der Waals surface area contributed by atoms with Crippen molar-refractivity contribution < 1.29 is 9.50 Å². The van der Waals surface area contributed by atoms with Crippen molar-refractivity contribution in [3.63, 3.8) is 0 Å². The van der Waals surface area contributed by atoms with Gasteiger partial charge in [0.25, 0.3) is 0 Å². The van der Waals surface area contributed by atoms with Crippen LogP contribution in [-0.4, -0.2) is 24.4 Å². The summed E-state index contributed by atoms with van der Waals surface area (Å²) >= 11 is 1.25. The van der Waals surface area contributed by atoms with Gasteiger partial charge in [-0.1, -0.05) is 23.5 Å². The number of halogens is 1. The van der Waals surface area contributed by atoms with E-state index in [-0.39, 0.29) is 24.7 Å². The maximum absolute atomic E-state index is 12.9. The summed E-state index contributed by atoms with van der Waals surface area (Å²) < 4.78 is 15.5. The van der Waals surface area contributed by atoms with E-state index in [0.29, 0.717) is 15.7 Å². The molecule has 22 heavy (non-hydrogen) atoms. The molecule has 0 bridgehead atoms. The molecule has 0 aliphatic rings. The predicted octanol–water partition coefficient (Wildman–Crippen LogP) is 1.48. The molecule has 0 saturated heterocycles. The highest BCUT2D eigenvalue weighted by Crippen LogP contribution is 2.20. The van der Waals surface area contributed by atoms with Gasteiger partial charge in [0.1, 0.15) is 12.1 Å². The van der Waals surface area contributed by atoms with E-state index in [1.807, 2.05) is 0 Å². The van der Waals surface area contributed by atoms with Gasteiger partial charge >= 0.3 is 5.69 Å². The topological polar surface area (TPSA) is 72.9 Å². The van der Waals surface area contributed by atoms with Gasteiger partial charge in [0.15, 0.2) is 5.13 Å². The van der Waals surface area contributed by atoms with E-state index in [9.17, 15) is 14.3 Å². The van der Waals surface area contributed by atoms with Crippen LogP contribution in [-0.2, 0) is 13.2 Å². The number of rotatable bonds is 4. The zero-order valence-corrected chi connectivity index (χ0v) is 12.5. The molecule has 0 amide bonds. The average Bonchev–Trinajstić information content (AvgIpc) is 3.05. The number of thiazole rings is 1. The van der Waals surface area contributed by atoms with Crippen molar-refractivity contribution in [1.82, 2.24) is 19.3 Å². The summed E-state index contributed by atoms with van der Waals surface area (Å²) in [6.07, 6.45) is 1.39. The first kappa shape index (κ1) is 14.6. The summed E-state index contributed by atoms with van der Waals surface area (Å²) in [6, 6.07) is 5.90. The molecule has 0 radical (unpaired) electrons. The molecule has 0 saturated carbocycles. The molecule has 8 heteroatoms. The number of aliphatic hydroxyl groups excluding tert-OH is 1. The molecule has 1 aromatic carbocycles. The van der Waals surface area contributed by atoms with Gasteiger partial charge in [-0.3, -0.25) is 0 Å². The fourth-order valence-electron chi connectivity index (χ4n) is 2.00. The van der Waals surface area contributed by atoms with Crippen molar-refractivity contribution in [2.24, 2.45) is 0 Å². The van der Waals surface area contributed by atoms with Gasteiger partial charge in [-0.05, 0) is 24.6 Å². The number of aliphatic hydroxyl groups is 1. The van der Waals surface area contributed by atoms with Crippen molar-refractivity contribution in [3.05, 3.63) is 63.0 Å². The van der Waals surface area contributed by atoms with Crippen molar-refractivity contribution in [2.75, 3.05) is 0 Å². The lowest BCUT2D eigenvalue weighted by Gasteiger charge is -2.00. The maximum atomic E-state index is 12.9. The fourth-order valence-corrected chi connectivity index (χ4v) is 2.89. The first-order valence-electron chi connectivity index (χ1n) is 6.55. The predicted molar refractivity (Wildman–Crippen MR) is 79.7 cm³/mol. The standard InChI is InChI=1S/C14H13FN4O2S/c1-9-12(7-20)22-13(17-9)18-8-16-19(14(18)21)6-10-2-4-11(15)5-3-10/h2-5,8,20H,6-7H2,1H3. The third-order valence-corrected chi connectivity index (χ3v) is 4.35. The smallest absolute Gasteiger partial charge is 0.352 e. The van der Waals surface area contributed by atoms with Gasteiger partial charge in [-0.15, -0.1) is 0 Å². The van der Waals surface area contributed by atoms with Crippen LogP contribution in [0.2, 0.25) is 0 Å². The molecule has 1 N–H and O–H groups in total. The summed E-state index contributed by atoms with van der Waals surface area (Å²) in [5.74, 6) is -0.323. The third kappa shape index (κ3) is 2.70. The highest BCUT2D eigenvalue weighted by Gasteiger charge is 2.13. The zero-order valence-electron chi connectivity index (χ0n) is 11.7. The molecule has 0 atom stereocenters. The van der Waals surface area contributed by atoms with Crippen LogP contribution < -0.4 is 5.69 Å². The van der Waals surface area contributed by atoms with Gasteiger partial charge in [0.05, 0.1) is 23.7 Å². The van der Waals surface area contributed by atoms with Crippen LogP contribution in [0.4, 0.5) is 4.39 Å². The molecule has 0 aliphatic carbocycles. The van der Waals surface area contributed by atoms with E-state index in [1.54, 1.807) is 19.1 Å². The summed E-state index contributed by atoms with van der Waals surface area (Å²) in [6.45, 7) is 1.92. The monoisotopic (exact) mass is 320 g/mol. The van der Waals surface area contributed by atoms with E-state index >= 15 is 0 Å². The number of hydrogen-bond acceptors (Lipinski definition) is 5. The number of aryl methyl sites for hydroxylation is 1. The number of hydrogen-bond donors (Lipinski definition) is 1. The second-order valence-electron chi connectivity index (χ2n) is 4.73. The minimum atomic E-state index is -0.331.